The predicted molar refractivity (Wildman–Crippen MR) is 86.7 cm³/mol. The van der Waals surface area contributed by atoms with E-state index in [1.165, 1.54) is 12.7 Å². The monoisotopic (exact) mass is 328 g/mol. The van der Waals surface area contributed by atoms with Crippen LogP contribution in [0.4, 0.5) is 0 Å². The lowest BCUT2D eigenvalue weighted by Crippen LogP contribution is -2.44. The first-order valence-corrected chi connectivity index (χ1v) is 9.06. The lowest BCUT2D eigenvalue weighted by Gasteiger charge is -2.42. The first-order chi connectivity index (χ1) is 11.4. The quantitative estimate of drug-likeness (QED) is 0.548. The molecule has 0 radical (unpaired) electrons. The van der Waals surface area contributed by atoms with Crippen LogP contribution in [0.15, 0.2) is 24.3 Å². The zero-order valence-corrected chi connectivity index (χ0v) is 14.3. The Morgan fingerprint density at radius 2 is 2.21 bits per heavy atom. The Morgan fingerprint density at radius 3 is 2.96 bits per heavy atom. The molecule has 4 aliphatic carbocycles. The minimum absolute atomic E-state index is 0.107. The van der Waals surface area contributed by atoms with Crippen LogP contribution in [0.2, 0.25) is 0 Å². The van der Waals surface area contributed by atoms with Gasteiger partial charge in [-0.2, -0.15) is 0 Å². The minimum Gasteiger partial charge on any atom is -0.469 e. The molecule has 0 amide bonds. The molecule has 7 atom stereocenters. The molecule has 4 nitrogen and oxygen atoms in total. The molecule has 5 rings (SSSR count). The Morgan fingerprint density at radius 1 is 1.42 bits per heavy atom. The van der Waals surface area contributed by atoms with Crippen molar-refractivity contribution in [2.75, 3.05) is 7.11 Å². The van der Waals surface area contributed by atoms with Crippen LogP contribution in [0.25, 0.3) is 0 Å². The van der Waals surface area contributed by atoms with Gasteiger partial charge in [-0.05, 0) is 56.4 Å². The SMILES string of the molecule is C=C1C[C@]23CC1CC[C@H]2[C@@]12C=CCC(C)(C(=O)O1)[C@H]2[C@@H]3C(=O)OC. The highest BCUT2D eigenvalue weighted by Crippen LogP contribution is 2.76. The van der Waals surface area contributed by atoms with E-state index in [9.17, 15) is 9.59 Å². The fourth-order valence-corrected chi connectivity index (χ4v) is 7.26. The number of ether oxygens (including phenoxy) is 2. The van der Waals surface area contributed by atoms with E-state index >= 15 is 0 Å². The smallest absolute Gasteiger partial charge is 0.313 e. The van der Waals surface area contributed by atoms with Gasteiger partial charge in [0.25, 0.3) is 0 Å². The number of fused-ring (bicyclic) bond motifs is 1. The van der Waals surface area contributed by atoms with E-state index in [1.54, 1.807) is 0 Å². The second-order valence-corrected chi connectivity index (χ2v) is 8.84. The van der Waals surface area contributed by atoms with Crippen molar-refractivity contribution >= 4 is 11.9 Å². The normalized spacial score (nSPS) is 53.6. The van der Waals surface area contributed by atoms with Crippen molar-refractivity contribution in [1.29, 1.82) is 0 Å². The van der Waals surface area contributed by atoms with Gasteiger partial charge in [0.15, 0.2) is 0 Å². The molecule has 0 aromatic heterocycles. The second kappa shape index (κ2) is 4.14. The highest BCUT2D eigenvalue weighted by atomic mass is 16.6. The largest absolute Gasteiger partial charge is 0.469 e. The van der Waals surface area contributed by atoms with E-state index in [-0.39, 0.29) is 35.1 Å². The van der Waals surface area contributed by atoms with Gasteiger partial charge in [-0.1, -0.05) is 18.2 Å². The third kappa shape index (κ3) is 1.32. The molecule has 4 heteroatoms. The Balaban J connectivity index is 1.76. The van der Waals surface area contributed by atoms with E-state index in [4.69, 9.17) is 9.47 Å². The Kier molecular flexibility index (Phi) is 2.55. The number of hydrogen-bond donors (Lipinski definition) is 0. The van der Waals surface area contributed by atoms with Crippen LogP contribution in [-0.4, -0.2) is 24.6 Å². The van der Waals surface area contributed by atoms with Crippen LogP contribution in [0, 0.1) is 34.5 Å². The molecular weight excluding hydrogens is 304 g/mol. The summed E-state index contributed by atoms with van der Waals surface area (Å²) in [5.74, 6) is 0.0377. The van der Waals surface area contributed by atoms with Gasteiger partial charge in [0.1, 0.15) is 5.60 Å². The van der Waals surface area contributed by atoms with Crippen LogP contribution in [0.3, 0.4) is 0 Å². The molecule has 1 saturated heterocycles. The Hall–Kier alpha value is -1.58. The summed E-state index contributed by atoms with van der Waals surface area (Å²) < 4.78 is 11.4. The number of allylic oxidation sites excluding steroid dienone is 2. The van der Waals surface area contributed by atoms with Gasteiger partial charge in [-0.15, -0.1) is 0 Å². The lowest BCUT2D eigenvalue weighted by atomic mass is 9.62. The molecule has 24 heavy (non-hydrogen) atoms. The summed E-state index contributed by atoms with van der Waals surface area (Å²) in [6, 6.07) is 0. The molecule has 0 N–H and O–H groups in total. The first-order valence-electron chi connectivity index (χ1n) is 9.06. The molecule has 1 heterocycles. The average Bonchev–Trinajstić information content (AvgIpc) is 2.99. The van der Waals surface area contributed by atoms with E-state index in [0.717, 1.165) is 25.7 Å². The van der Waals surface area contributed by atoms with Crippen molar-refractivity contribution < 1.29 is 19.1 Å². The predicted octanol–water partition coefficient (Wildman–Crippen LogP) is 3.03. The number of hydrogen-bond acceptors (Lipinski definition) is 4. The standard InChI is InChI=1S/C20H24O4/c1-11-9-19-10-12(11)5-6-13(19)20-8-4-7-18(2,17(22)24-20)15(20)14(19)16(21)23-3/h4,8,12-15H,1,5-7,9-10H2,2-3H3/t12?,13-,14-,15-,18?,19+,20-/m1/s1. The summed E-state index contributed by atoms with van der Waals surface area (Å²) in [4.78, 5) is 25.7. The summed E-state index contributed by atoms with van der Waals surface area (Å²) in [5, 5.41) is 0. The van der Waals surface area contributed by atoms with Crippen molar-refractivity contribution in [3.8, 4) is 0 Å². The topological polar surface area (TPSA) is 52.6 Å². The zero-order valence-electron chi connectivity index (χ0n) is 14.3. The third-order valence-electron chi connectivity index (χ3n) is 8.04. The number of esters is 2. The van der Waals surface area contributed by atoms with Gasteiger partial charge in [0.2, 0.25) is 0 Å². The molecule has 1 aliphatic heterocycles. The fraction of sp³-hybridized carbons (Fsp3) is 0.700. The van der Waals surface area contributed by atoms with Gasteiger partial charge in [0, 0.05) is 11.8 Å². The maximum Gasteiger partial charge on any atom is 0.313 e. The van der Waals surface area contributed by atoms with Gasteiger partial charge in [0.05, 0.1) is 18.4 Å². The van der Waals surface area contributed by atoms with Crippen LogP contribution in [-0.2, 0) is 19.1 Å². The Labute approximate surface area is 142 Å². The molecule has 0 aromatic carbocycles. The molecule has 128 valence electrons. The average molecular weight is 328 g/mol. The van der Waals surface area contributed by atoms with E-state index in [0.29, 0.717) is 12.3 Å². The molecule has 4 bridgehead atoms. The summed E-state index contributed by atoms with van der Waals surface area (Å²) in [6.45, 7) is 6.29. The maximum atomic E-state index is 12.9. The van der Waals surface area contributed by atoms with Gasteiger partial charge in [-0.3, -0.25) is 9.59 Å². The van der Waals surface area contributed by atoms with E-state index < -0.39 is 11.0 Å². The fourth-order valence-electron chi connectivity index (χ4n) is 7.26. The van der Waals surface area contributed by atoms with Crippen molar-refractivity contribution in [3.63, 3.8) is 0 Å². The minimum atomic E-state index is -0.613. The number of carbonyl (C=O) groups is 2. The first kappa shape index (κ1) is 14.7. The van der Waals surface area contributed by atoms with E-state index in [1.807, 2.05) is 6.92 Å². The Bertz CT molecular complexity index is 708. The van der Waals surface area contributed by atoms with Gasteiger partial charge in [-0.25, -0.2) is 0 Å². The summed E-state index contributed by atoms with van der Waals surface area (Å²) in [5.41, 5.74) is -0.0933. The number of carbonyl (C=O) groups excluding carboxylic acids is 2. The van der Waals surface area contributed by atoms with Crippen LogP contribution < -0.4 is 0 Å². The van der Waals surface area contributed by atoms with Crippen LogP contribution >= 0.6 is 0 Å². The second-order valence-electron chi connectivity index (χ2n) is 8.84. The molecular formula is C20H24O4. The molecule has 1 spiro atoms. The van der Waals surface area contributed by atoms with Gasteiger partial charge < -0.3 is 9.47 Å². The maximum absolute atomic E-state index is 12.9. The molecule has 3 saturated carbocycles. The number of rotatable bonds is 1. The van der Waals surface area contributed by atoms with Crippen LogP contribution in [0.5, 0.6) is 0 Å². The summed E-state index contributed by atoms with van der Waals surface area (Å²) >= 11 is 0. The molecule has 2 unspecified atom stereocenters. The van der Waals surface area contributed by atoms with Crippen molar-refractivity contribution in [2.24, 2.45) is 34.5 Å². The van der Waals surface area contributed by atoms with Crippen molar-refractivity contribution in [2.45, 2.75) is 44.6 Å². The number of methoxy groups -OCH3 is 1. The van der Waals surface area contributed by atoms with Crippen molar-refractivity contribution in [3.05, 3.63) is 24.3 Å². The molecule has 4 fully saturated rings. The molecule has 0 aromatic rings. The summed E-state index contributed by atoms with van der Waals surface area (Å²) in [7, 11) is 1.47. The molecule has 5 aliphatic rings. The lowest BCUT2D eigenvalue weighted by molar-refractivity contribution is -0.159. The van der Waals surface area contributed by atoms with Gasteiger partial charge >= 0.3 is 11.9 Å². The summed E-state index contributed by atoms with van der Waals surface area (Å²) in [6.07, 6.45) is 8.83. The third-order valence-corrected chi connectivity index (χ3v) is 8.04. The van der Waals surface area contributed by atoms with Crippen molar-refractivity contribution in [1.82, 2.24) is 0 Å². The van der Waals surface area contributed by atoms with E-state index in [2.05, 4.69) is 18.7 Å². The highest BCUT2D eigenvalue weighted by Gasteiger charge is 2.81. The highest BCUT2D eigenvalue weighted by molar-refractivity contribution is 5.86. The zero-order chi connectivity index (χ0) is 16.9. The van der Waals surface area contributed by atoms with Crippen LogP contribution in [0.1, 0.15) is 39.0 Å².